The highest BCUT2D eigenvalue weighted by Crippen LogP contribution is 1.99. The van der Waals surface area contributed by atoms with Crippen LogP contribution in [0.2, 0.25) is 0 Å². The predicted molar refractivity (Wildman–Crippen MR) is 77.0 cm³/mol. The van der Waals surface area contributed by atoms with Gasteiger partial charge in [0.2, 0.25) is 5.91 Å². The first-order chi connectivity index (χ1) is 10.3. The molecule has 1 aromatic rings. The molecule has 1 heterocycles. The number of amides is 2. The van der Waals surface area contributed by atoms with Gasteiger partial charge in [0, 0.05) is 14.1 Å². The van der Waals surface area contributed by atoms with E-state index in [1.165, 1.54) is 15.8 Å². The summed E-state index contributed by atoms with van der Waals surface area (Å²) in [5.41, 5.74) is -0.0433. The minimum absolute atomic E-state index is 0.0433. The summed E-state index contributed by atoms with van der Waals surface area (Å²) in [7, 11) is 3.21. The quantitative estimate of drug-likeness (QED) is 0.657. The number of carbonyl (C=O) groups excluding carboxylic acids is 2. The molecule has 0 aliphatic rings. The lowest BCUT2D eigenvalue weighted by Gasteiger charge is -2.11. The van der Waals surface area contributed by atoms with Gasteiger partial charge in [-0.15, -0.1) is 5.10 Å². The summed E-state index contributed by atoms with van der Waals surface area (Å²) in [6, 6.07) is -1.04. The van der Waals surface area contributed by atoms with E-state index < -0.39 is 17.9 Å². The van der Waals surface area contributed by atoms with Crippen molar-refractivity contribution >= 4 is 17.8 Å². The van der Waals surface area contributed by atoms with E-state index in [1.807, 2.05) is 0 Å². The number of carboxylic acids is 1. The van der Waals surface area contributed by atoms with Crippen LogP contribution < -0.4 is 5.32 Å². The molecule has 1 rings (SSSR count). The SMILES string of the molecule is C/C=C/CC(NC(=O)c1cn(CC(=O)N(C)C)nn1)C(=O)O. The smallest absolute Gasteiger partial charge is 0.326 e. The minimum atomic E-state index is -1.14. The monoisotopic (exact) mass is 309 g/mol. The lowest BCUT2D eigenvalue weighted by Crippen LogP contribution is -2.40. The molecule has 0 fully saturated rings. The topological polar surface area (TPSA) is 117 Å². The van der Waals surface area contributed by atoms with E-state index >= 15 is 0 Å². The van der Waals surface area contributed by atoms with Crippen molar-refractivity contribution in [2.45, 2.75) is 25.9 Å². The third kappa shape index (κ3) is 5.00. The second-order valence-electron chi connectivity index (χ2n) is 4.76. The van der Waals surface area contributed by atoms with E-state index in [-0.39, 0.29) is 24.6 Å². The summed E-state index contributed by atoms with van der Waals surface area (Å²) in [5.74, 6) is -1.99. The fraction of sp³-hybridized carbons (Fsp3) is 0.462. The van der Waals surface area contributed by atoms with Gasteiger partial charge in [0.25, 0.3) is 5.91 Å². The zero-order valence-electron chi connectivity index (χ0n) is 12.7. The third-order valence-electron chi connectivity index (χ3n) is 2.78. The van der Waals surface area contributed by atoms with Gasteiger partial charge in [0.1, 0.15) is 12.6 Å². The molecule has 2 N–H and O–H groups in total. The lowest BCUT2D eigenvalue weighted by molar-refractivity contribution is -0.139. The van der Waals surface area contributed by atoms with Crippen molar-refractivity contribution in [3.63, 3.8) is 0 Å². The molecule has 0 aliphatic heterocycles. The lowest BCUT2D eigenvalue weighted by atomic mass is 10.2. The van der Waals surface area contributed by atoms with Crippen LogP contribution in [0.5, 0.6) is 0 Å². The summed E-state index contributed by atoms with van der Waals surface area (Å²) < 4.78 is 1.22. The van der Waals surface area contributed by atoms with Gasteiger partial charge in [-0.1, -0.05) is 17.4 Å². The number of aliphatic carboxylic acids is 1. The van der Waals surface area contributed by atoms with Gasteiger partial charge >= 0.3 is 5.97 Å². The molecule has 1 unspecified atom stereocenters. The van der Waals surface area contributed by atoms with E-state index in [1.54, 1.807) is 33.2 Å². The molecule has 2 amide bonds. The van der Waals surface area contributed by atoms with Crippen LogP contribution in [0, 0.1) is 0 Å². The van der Waals surface area contributed by atoms with E-state index in [0.29, 0.717) is 0 Å². The minimum Gasteiger partial charge on any atom is -0.480 e. The maximum Gasteiger partial charge on any atom is 0.326 e. The predicted octanol–water partition coefficient (Wildman–Crippen LogP) is -0.484. The number of carbonyl (C=O) groups is 3. The van der Waals surface area contributed by atoms with E-state index in [0.717, 1.165) is 0 Å². The van der Waals surface area contributed by atoms with Crippen LogP contribution in [0.3, 0.4) is 0 Å². The van der Waals surface area contributed by atoms with Crippen LogP contribution in [0.25, 0.3) is 0 Å². The number of carboxylic acid groups (broad SMARTS) is 1. The molecule has 1 aromatic heterocycles. The Kier molecular flexibility index (Phi) is 6.24. The standard InChI is InChI=1S/C13H19N5O4/c1-4-5-6-9(13(21)22)14-12(20)10-7-18(16-15-10)8-11(19)17(2)3/h4-5,7,9H,6,8H2,1-3H3,(H,14,20)(H,21,22)/b5-4+. The van der Waals surface area contributed by atoms with Gasteiger partial charge in [-0.05, 0) is 13.3 Å². The average molecular weight is 309 g/mol. The van der Waals surface area contributed by atoms with Crippen LogP contribution in [-0.2, 0) is 16.1 Å². The van der Waals surface area contributed by atoms with Crippen LogP contribution in [-0.4, -0.2) is 62.9 Å². The van der Waals surface area contributed by atoms with Gasteiger partial charge < -0.3 is 15.3 Å². The highest BCUT2D eigenvalue weighted by atomic mass is 16.4. The van der Waals surface area contributed by atoms with Crippen molar-refractivity contribution in [1.29, 1.82) is 0 Å². The van der Waals surface area contributed by atoms with Crippen molar-refractivity contribution in [2.75, 3.05) is 14.1 Å². The Morgan fingerprint density at radius 3 is 2.68 bits per heavy atom. The summed E-state index contributed by atoms with van der Waals surface area (Å²) in [4.78, 5) is 35.9. The fourth-order valence-corrected chi connectivity index (χ4v) is 1.49. The average Bonchev–Trinajstić information content (AvgIpc) is 2.91. The van der Waals surface area contributed by atoms with Crippen molar-refractivity contribution in [3.8, 4) is 0 Å². The highest BCUT2D eigenvalue weighted by molar-refractivity contribution is 5.94. The molecule has 0 bridgehead atoms. The molecule has 0 aliphatic carbocycles. The zero-order valence-corrected chi connectivity index (χ0v) is 12.7. The van der Waals surface area contributed by atoms with Crippen molar-refractivity contribution in [1.82, 2.24) is 25.2 Å². The number of aromatic nitrogens is 3. The van der Waals surface area contributed by atoms with Crippen LogP contribution >= 0.6 is 0 Å². The largest absolute Gasteiger partial charge is 0.480 e. The summed E-state index contributed by atoms with van der Waals surface area (Å²) >= 11 is 0. The first-order valence-electron chi connectivity index (χ1n) is 6.60. The van der Waals surface area contributed by atoms with Crippen molar-refractivity contribution < 1.29 is 19.5 Å². The summed E-state index contributed by atoms with van der Waals surface area (Å²) in [5, 5.41) is 18.7. The Labute approximate surface area is 127 Å². The molecule has 22 heavy (non-hydrogen) atoms. The van der Waals surface area contributed by atoms with E-state index in [4.69, 9.17) is 5.11 Å². The molecule has 9 nitrogen and oxygen atoms in total. The number of hydrogen-bond acceptors (Lipinski definition) is 5. The Balaban J connectivity index is 2.71. The molecular formula is C13H19N5O4. The molecule has 0 saturated heterocycles. The Hall–Kier alpha value is -2.71. The molecule has 9 heteroatoms. The van der Waals surface area contributed by atoms with Crippen LogP contribution in [0.4, 0.5) is 0 Å². The second kappa shape index (κ2) is 7.91. The van der Waals surface area contributed by atoms with Gasteiger partial charge in [0.05, 0.1) is 6.20 Å². The molecule has 0 aromatic carbocycles. The number of nitrogens with one attached hydrogen (secondary N) is 1. The number of rotatable bonds is 7. The van der Waals surface area contributed by atoms with Crippen molar-refractivity contribution in [3.05, 3.63) is 24.0 Å². The van der Waals surface area contributed by atoms with E-state index in [9.17, 15) is 14.4 Å². The normalized spacial score (nSPS) is 12.1. The molecule has 120 valence electrons. The maximum absolute atomic E-state index is 11.9. The molecule has 0 spiro atoms. The van der Waals surface area contributed by atoms with E-state index in [2.05, 4.69) is 15.6 Å². The maximum atomic E-state index is 11.9. The first kappa shape index (κ1) is 17.3. The Morgan fingerprint density at radius 1 is 1.45 bits per heavy atom. The Morgan fingerprint density at radius 2 is 2.14 bits per heavy atom. The number of likely N-dealkylation sites (N-methyl/N-ethyl adjacent to an activating group) is 1. The zero-order chi connectivity index (χ0) is 16.7. The summed E-state index contributed by atoms with van der Waals surface area (Å²) in [6.45, 7) is 1.71. The number of nitrogens with zero attached hydrogens (tertiary/aromatic N) is 4. The molecule has 0 radical (unpaired) electrons. The third-order valence-corrected chi connectivity index (χ3v) is 2.78. The van der Waals surface area contributed by atoms with Gasteiger partial charge in [-0.2, -0.15) is 0 Å². The number of hydrogen-bond donors (Lipinski definition) is 2. The van der Waals surface area contributed by atoms with Gasteiger partial charge in [0.15, 0.2) is 5.69 Å². The first-order valence-corrected chi connectivity index (χ1v) is 6.60. The van der Waals surface area contributed by atoms with Crippen molar-refractivity contribution in [2.24, 2.45) is 0 Å². The van der Waals surface area contributed by atoms with Gasteiger partial charge in [-0.3, -0.25) is 9.59 Å². The van der Waals surface area contributed by atoms with Crippen LogP contribution in [0.1, 0.15) is 23.8 Å². The highest BCUT2D eigenvalue weighted by Gasteiger charge is 2.21. The molecule has 1 atom stereocenters. The fourth-order valence-electron chi connectivity index (χ4n) is 1.49. The molecular weight excluding hydrogens is 290 g/mol. The Bertz CT molecular complexity index is 579. The molecule has 0 saturated carbocycles. The van der Waals surface area contributed by atoms with Crippen LogP contribution in [0.15, 0.2) is 18.3 Å². The number of allylic oxidation sites excluding steroid dienone is 1. The summed E-state index contributed by atoms with van der Waals surface area (Å²) in [6.07, 6.45) is 4.81. The van der Waals surface area contributed by atoms with Gasteiger partial charge in [-0.25, -0.2) is 9.48 Å². The second-order valence-corrected chi connectivity index (χ2v) is 4.76.